The highest BCUT2D eigenvalue weighted by Crippen LogP contribution is 2.27. The van der Waals surface area contributed by atoms with Crippen LogP contribution in [0.25, 0.3) is 0 Å². The molecule has 0 aliphatic carbocycles. The van der Waals surface area contributed by atoms with Crippen LogP contribution in [0.3, 0.4) is 0 Å². The summed E-state index contributed by atoms with van der Waals surface area (Å²) in [6.45, 7) is 0. The zero-order valence-corrected chi connectivity index (χ0v) is 12.1. The average Bonchev–Trinajstić information content (AvgIpc) is 2.43. The second-order valence-corrected chi connectivity index (χ2v) is 6.04. The third-order valence-electron chi connectivity index (χ3n) is 2.57. The molecule has 0 amide bonds. The third kappa shape index (κ3) is 3.15. The summed E-state index contributed by atoms with van der Waals surface area (Å²) in [6.07, 6.45) is 0. The Bertz CT molecular complexity index is 714. The lowest BCUT2D eigenvalue weighted by molar-refractivity contribution is 0.414. The van der Waals surface area contributed by atoms with Gasteiger partial charge in [0.1, 0.15) is 11.5 Å². The number of aromatic hydroxyl groups is 1. The van der Waals surface area contributed by atoms with E-state index < -0.39 is 10.0 Å². The third-order valence-corrected chi connectivity index (χ3v) is 4.27. The van der Waals surface area contributed by atoms with Crippen molar-refractivity contribution in [2.75, 3.05) is 11.8 Å². The number of sulfonamides is 1. The van der Waals surface area contributed by atoms with Gasteiger partial charge >= 0.3 is 0 Å². The van der Waals surface area contributed by atoms with E-state index in [-0.39, 0.29) is 21.4 Å². The largest absolute Gasteiger partial charge is 0.506 e. The Morgan fingerprint density at radius 3 is 2.35 bits per heavy atom. The van der Waals surface area contributed by atoms with Gasteiger partial charge < -0.3 is 9.84 Å². The zero-order valence-electron chi connectivity index (χ0n) is 10.5. The predicted octanol–water partition coefficient (Wildman–Crippen LogP) is 2.86. The van der Waals surface area contributed by atoms with Gasteiger partial charge in [0.2, 0.25) is 0 Å². The number of hydrogen-bond acceptors (Lipinski definition) is 4. The van der Waals surface area contributed by atoms with Crippen molar-refractivity contribution in [1.29, 1.82) is 0 Å². The van der Waals surface area contributed by atoms with Crippen LogP contribution in [0.1, 0.15) is 0 Å². The van der Waals surface area contributed by atoms with E-state index in [1.165, 1.54) is 37.4 Å². The summed E-state index contributed by atoms with van der Waals surface area (Å²) in [5, 5.41) is 9.36. The maximum Gasteiger partial charge on any atom is 0.261 e. The molecule has 7 heteroatoms. The highest BCUT2D eigenvalue weighted by Gasteiger charge is 2.14. The summed E-state index contributed by atoms with van der Waals surface area (Å²) in [6, 6.07) is 10.0. The van der Waals surface area contributed by atoms with Crippen molar-refractivity contribution in [3.05, 3.63) is 47.5 Å². The minimum absolute atomic E-state index is 0.0694. The molecule has 0 atom stereocenters. The molecule has 106 valence electrons. The molecule has 2 rings (SSSR count). The van der Waals surface area contributed by atoms with Crippen molar-refractivity contribution < 1.29 is 18.3 Å². The van der Waals surface area contributed by atoms with E-state index >= 15 is 0 Å². The van der Waals surface area contributed by atoms with Crippen LogP contribution in [0.5, 0.6) is 11.5 Å². The van der Waals surface area contributed by atoms with Gasteiger partial charge in [0.25, 0.3) is 10.0 Å². The molecule has 0 aliphatic rings. The number of phenols is 1. The van der Waals surface area contributed by atoms with E-state index in [0.29, 0.717) is 5.75 Å². The molecule has 20 heavy (non-hydrogen) atoms. The number of ether oxygens (including phenoxy) is 1. The van der Waals surface area contributed by atoms with Crippen molar-refractivity contribution in [3.63, 3.8) is 0 Å². The lowest BCUT2D eigenvalue weighted by Crippen LogP contribution is -2.12. The minimum atomic E-state index is -3.71. The van der Waals surface area contributed by atoms with Gasteiger partial charge in [-0.25, -0.2) is 8.42 Å². The van der Waals surface area contributed by atoms with Gasteiger partial charge in [-0.1, -0.05) is 11.6 Å². The monoisotopic (exact) mass is 313 g/mol. The molecule has 0 aromatic heterocycles. The highest BCUT2D eigenvalue weighted by atomic mass is 35.5. The zero-order chi connectivity index (χ0) is 14.8. The van der Waals surface area contributed by atoms with E-state index in [0.717, 1.165) is 0 Å². The number of anilines is 1. The summed E-state index contributed by atoms with van der Waals surface area (Å²) in [5.41, 5.74) is 0.267. The summed E-state index contributed by atoms with van der Waals surface area (Å²) in [7, 11) is -2.21. The van der Waals surface area contributed by atoms with E-state index in [1.807, 2.05) is 0 Å². The van der Waals surface area contributed by atoms with Crippen LogP contribution in [-0.4, -0.2) is 20.6 Å². The summed E-state index contributed by atoms with van der Waals surface area (Å²) in [5.74, 6) is 0.454. The van der Waals surface area contributed by atoms with Gasteiger partial charge in [-0.15, -0.1) is 0 Å². The van der Waals surface area contributed by atoms with E-state index in [4.69, 9.17) is 16.3 Å². The second kappa shape index (κ2) is 5.60. The normalized spacial score (nSPS) is 11.1. The van der Waals surface area contributed by atoms with Crippen molar-refractivity contribution in [1.82, 2.24) is 0 Å². The maximum atomic E-state index is 12.1. The van der Waals surface area contributed by atoms with E-state index in [2.05, 4.69) is 4.72 Å². The van der Waals surface area contributed by atoms with Gasteiger partial charge in [-0.3, -0.25) is 4.72 Å². The number of rotatable bonds is 4. The molecule has 0 saturated heterocycles. The fourth-order valence-corrected chi connectivity index (χ4v) is 2.77. The standard InChI is InChI=1S/C13H12ClNO4S/c1-19-10-3-5-11(6-4-10)20(17,18)15-9-2-7-13(16)12(14)8-9/h2-8,15-16H,1H3. The van der Waals surface area contributed by atoms with Gasteiger partial charge in [0, 0.05) is 0 Å². The topological polar surface area (TPSA) is 75.6 Å². The van der Waals surface area contributed by atoms with Crippen LogP contribution in [0.15, 0.2) is 47.4 Å². The smallest absolute Gasteiger partial charge is 0.261 e. The lowest BCUT2D eigenvalue weighted by atomic mass is 10.3. The van der Waals surface area contributed by atoms with Crippen LogP contribution in [0.4, 0.5) is 5.69 Å². The van der Waals surface area contributed by atoms with Gasteiger partial charge in [0.05, 0.1) is 22.7 Å². The number of halogens is 1. The lowest BCUT2D eigenvalue weighted by Gasteiger charge is -2.09. The van der Waals surface area contributed by atoms with Gasteiger partial charge in [0.15, 0.2) is 0 Å². The molecule has 0 bridgehead atoms. The van der Waals surface area contributed by atoms with E-state index in [1.54, 1.807) is 12.1 Å². The Morgan fingerprint density at radius 1 is 1.15 bits per heavy atom. The number of hydrogen-bond donors (Lipinski definition) is 2. The maximum absolute atomic E-state index is 12.1. The van der Waals surface area contributed by atoms with Crippen LogP contribution in [-0.2, 0) is 10.0 Å². The summed E-state index contributed by atoms with van der Waals surface area (Å²) in [4.78, 5) is 0.0995. The van der Waals surface area contributed by atoms with Crippen molar-refractivity contribution >= 4 is 27.3 Å². The number of phenolic OH excluding ortho intramolecular Hbond substituents is 1. The van der Waals surface area contributed by atoms with E-state index in [9.17, 15) is 13.5 Å². The summed E-state index contributed by atoms with van der Waals surface area (Å²) >= 11 is 5.73. The minimum Gasteiger partial charge on any atom is -0.506 e. The molecule has 0 saturated carbocycles. The Labute approximate surface area is 121 Å². The molecule has 0 unspecified atom stereocenters. The average molecular weight is 314 g/mol. The van der Waals surface area contributed by atoms with Crippen LogP contribution in [0.2, 0.25) is 5.02 Å². The first-order chi connectivity index (χ1) is 9.42. The molecule has 2 N–H and O–H groups in total. The van der Waals surface area contributed by atoms with Crippen molar-refractivity contribution in [2.45, 2.75) is 4.90 Å². The fourth-order valence-electron chi connectivity index (χ4n) is 1.54. The first-order valence-corrected chi connectivity index (χ1v) is 7.44. The molecule has 0 aliphatic heterocycles. The Morgan fingerprint density at radius 2 is 1.80 bits per heavy atom. The van der Waals surface area contributed by atoms with Crippen LogP contribution in [0, 0.1) is 0 Å². The van der Waals surface area contributed by atoms with Crippen molar-refractivity contribution in [3.8, 4) is 11.5 Å². The van der Waals surface area contributed by atoms with Crippen molar-refractivity contribution in [2.24, 2.45) is 0 Å². The number of nitrogens with one attached hydrogen (secondary N) is 1. The Hall–Kier alpha value is -1.92. The van der Waals surface area contributed by atoms with Crippen LogP contribution >= 0.6 is 11.6 Å². The number of methoxy groups -OCH3 is 1. The highest BCUT2D eigenvalue weighted by molar-refractivity contribution is 7.92. The quantitative estimate of drug-likeness (QED) is 0.851. The fraction of sp³-hybridized carbons (Fsp3) is 0.0769. The molecule has 2 aromatic carbocycles. The Kier molecular flexibility index (Phi) is 4.06. The Balaban J connectivity index is 2.27. The van der Waals surface area contributed by atoms with Gasteiger partial charge in [-0.05, 0) is 42.5 Å². The van der Waals surface area contributed by atoms with Gasteiger partial charge in [-0.2, -0.15) is 0 Å². The molecule has 0 radical (unpaired) electrons. The molecular weight excluding hydrogens is 302 g/mol. The molecule has 0 heterocycles. The molecule has 2 aromatic rings. The molecule has 5 nitrogen and oxygen atoms in total. The SMILES string of the molecule is COc1ccc(S(=O)(=O)Nc2ccc(O)c(Cl)c2)cc1. The molecule has 0 fully saturated rings. The predicted molar refractivity (Wildman–Crippen MR) is 76.9 cm³/mol. The first-order valence-electron chi connectivity index (χ1n) is 5.58. The van der Waals surface area contributed by atoms with Crippen LogP contribution < -0.4 is 9.46 Å². The number of benzene rings is 2. The molecular formula is C13H12ClNO4S. The molecule has 0 spiro atoms. The summed E-state index contributed by atoms with van der Waals surface area (Å²) < 4.78 is 31.6. The second-order valence-electron chi connectivity index (χ2n) is 3.95. The first kappa shape index (κ1) is 14.5.